The quantitative estimate of drug-likeness (QED) is 0.567. The fourth-order valence-electron chi connectivity index (χ4n) is 2.56. The van der Waals surface area contributed by atoms with Gasteiger partial charge in [0.2, 0.25) is 0 Å². The minimum Gasteiger partial charge on any atom is -0.383 e. The van der Waals surface area contributed by atoms with Crippen molar-refractivity contribution in [1.82, 2.24) is 5.32 Å². The van der Waals surface area contributed by atoms with Gasteiger partial charge in [0.15, 0.2) is 0 Å². The maximum Gasteiger partial charge on any atom is 0.0701 e. The molecular formula is C16H28BrNOS. The second-order valence-electron chi connectivity index (χ2n) is 5.51. The minimum absolute atomic E-state index is 0.383. The van der Waals surface area contributed by atoms with E-state index in [0.717, 1.165) is 19.7 Å². The van der Waals surface area contributed by atoms with Crippen molar-refractivity contribution in [2.24, 2.45) is 5.41 Å². The third kappa shape index (κ3) is 6.25. The minimum atomic E-state index is 0.383. The maximum absolute atomic E-state index is 5.13. The van der Waals surface area contributed by atoms with Crippen molar-refractivity contribution in [2.45, 2.75) is 46.0 Å². The number of hydrogen-bond donors (Lipinski definition) is 1. The van der Waals surface area contributed by atoms with Crippen molar-refractivity contribution in [1.29, 1.82) is 0 Å². The number of halogens is 1. The zero-order chi connectivity index (χ0) is 14.8. The molecule has 0 radical (unpaired) electrons. The van der Waals surface area contributed by atoms with Gasteiger partial charge >= 0.3 is 0 Å². The van der Waals surface area contributed by atoms with Crippen molar-refractivity contribution in [3.63, 3.8) is 0 Å². The fourth-order valence-corrected chi connectivity index (χ4v) is 4.22. The number of unbranched alkanes of at least 4 members (excludes halogenated alkanes) is 1. The summed E-state index contributed by atoms with van der Waals surface area (Å²) in [4.78, 5) is 1.49. The van der Waals surface area contributed by atoms with Gasteiger partial charge < -0.3 is 10.1 Å². The van der Waals surface area contributed by atoms with E-state index in [2.05, 4.69) is 47.2 Å². The third-order valence-corrected chi connectivity index (χ3v) is 5.60. The van der Waals surface area contributed by atoms with Gasteiger partial charge in [-0.25, -0.2) is 0 Å². The summed E-state index contributed by atoms with van der Waals surface area (Å²) < 4.78 is 6.36. The highest BCUT2D eigenvalue weighted by atomic mass is 79.9. The lowest BCUT2D eigenvalue weighted by molar-refractivity contribution is 0.182. The first-order valence-corrected chi connectivity index (χ1v) is 9.20. The Labute approximate surface area is 136 Å². The van der Waals surface area contributed by atoms with Gasteiger partial charge in [-0.05, 0) is 52.7 Å². The van der Waals surface area contributed by atoms with Crippen LogP contribution in [0.15, 0.2) is 15.9 Å². The Morgan fingerprint density at radius 2 is 2.15 bits per heavy atom. The van der Waals surface area contributed by atoms with Gasteiger partial charge in [0.25, 0.3) is 0 Å². The second kappa shape index (κ2) is 9.93. The van der Waals surface area contributed by atoms with Gasteiger partial charge in [-0.1, -0.05) is 26.7 Å². The highest BCUT2D eigenvalue weighted by Crippen LogP contribution is 2.35. The standard InChI is InChI=1S/C16H28BrNOS/c1-4-6-9-16(5-2,13-18-10-11-19-3)12-14-7-8-15(17)20-14/h7-8,18H,4-6,9-13H2,1-3H3. The van der Waals surface area contributed by atoms with Gasteiger partial charge in [0.1, 0.15) is 0 Å². The summed E-state index contributed by atoms with van der Waals surface area (Å²) in [6, 6.07) is 4.43. The molecule has 116 valence electrons. The molecule has 0 aromatic carbocycles. The average molecular weight is 362 g/mol. The van der Waals surface area contributed by atoms with Gasteiger partial charge in [-0.3, -0.25) is 0 Å². The summed E-state index contributed by atoms with van der Waals surface area (Å²) >= 11 is 5.45. The molecule has 0 spiro atoms. The molecule has 0 aliphatic carbocycles. The summed E-state index contributed by atoms with van der Waals surface area (Å²) in [5.41, 5.74) is 0.383. The Bertz CT molecular complexity index is 369. The van der Waals surface area contributed by atoms with E-state index in [4.69, 9.17) is 4.74 Å². The van der Waals surface area contributed by atoms with Crippen molar-refractivity contribution in [2.75, 3.05) is 26.8 Å². The SMILES string of the molecule is CCCCC(CC)(CNCCOC)Cc1ccc(Br)s1. The van der Waals surface area contributed by atoms with E-state index in [1.807, 2.05) is 11.3 Å². The Kier molecular flexibility index (Phi) is 9.01. The second-order valence-corrected chi connectivity index (χ2v) is 8.06. The van der Waals surface area contributed by atoms with Crippen LogP contribution in [0.2, 0.25) is 0 Å². The molecule has 0 aliphatic heterocycles. The molecule has 1 rings (SSSR count). The topological polar surface area (TPSA) is 21.3 Å². The predicted octanol–water partition coefficient (Wildman–Crippen LogP) is 4.88. The molecule has 0 bridgehead atoms. The Hall–Kier alpha value is 0.1000. The molecule has 0 aliphatic rings. The smallest absolute Gasteiger partial charge is 0.0701 e. The van der Waals surface area contributed by atoms with Crippen LogP contribution in [-0.2, 0) is 11.2 Å². The zero-order valence-electron chi connectivity index (χ0n) is 13.0. The van der Waals surface area contributed by atoms with Crippen LogP contribution >= 0.6 is 27.3 Å². The summed E-state index contributed by atoms with van der Waals surface area (Å²) in [5, 5.41) is 3.58. The van der Waals surface area contributed by atoms with Crippen LogP contribution < -0.4 is 5.32 Å². The summed E-state index contributed by atoms with van der Waals surface area (Å²) in [6.07, 6.45) is 6.29. The molecule has 0 saturated heterocycles. The van der Waals surface area contributed by atoms with E-state index in [0.29, 0.717) is 5.41 Å². The number of rotatable bonds is 11. The van der Waals surface area contributed by atoms with Crippen LogP contribution in [0.4, 0.5) is 0 Å². The highest BCUT2D eigenvalue weighted by molar-refractivity contribution is 9.11. The average Bonchev–Trinajstić information content (AvgIpc) is 2.86. The lowest BCUT2D eigenvalue weighted by atomic mass is 9.76. The lowest BCUT2D eigenvalue weighted by Gasteiger charge is -2.33. The predicted molar refractivity (Wildman–Crippen MR) is 92.7 cm³/mol. The fraction of sp³-hybridized carbons (Fsp3) is 0.750. The molecule has 1 unspecified atom stereocenters. The van der Waals surface area contributed by atoms with Gasteiger partial charge in [-0.15, -0.1) is 11.3 Å². The third-order valence-electron chi connectivity index (χ3n) is 3.97. The maximum atomic E-state index is 5.13. The lowest BCUT2D eigenvalue weighted by Crippen LogP contribution is -2.37. The molecule has 0 amide bonds. The van der Waals surface area contributed by atoms with Gasteiger partial charge in [0, 0.05) is 25.1 Å². The van der Waals surface area contributed by atoms with E-state index < -0.39 is 0 Å². The Balaban J connectivity index is 2.64. The van der Waals surface area contributed by atoms with E-state index in [1.165, 1.54) is 40.8 Å². The van der Waals surface area contributed by atoms with Gasteiger partial charge in [0.05, 0.1) is 10.4 Å². The van der Waals surface area contributed by atoms with Gasteiger partial charge in [-0.2, -0.15) is 0 Å². The first-order valence-electron chi connectivity index (χ1n) is 7.59. The van der Waals surface area contributed by atoms with Crippen molar-refractivity contribution < 1.29 is 4.74 Å². The van der Waals surface area contributed by atoms with Crippen molar-refractivity contribution in [3.05, 3.63) is 20.8 Å². The number of thiophene rings is 1. The van der Waals surface area contributed by atoms with E-state index in [9.17, 15) is 0 Å². The first-order chi connectivity index (χ1) is 9.65. The van der Waals surface area contributed by atoms with Crippen LogP contribution in [0.1, 0.15) is 44.4 Å². The molecular weight excluding hydrogens is 334 g/mol. The van der Waals surface area contributed by atoms with Crippen LogP contribution in [0, 0.1) is 5.41 Å². The van der Waals surface area contributed by atoms with Crippen LogP contribution in [-0.4, -0.2) is 26.8 Å². The van der Waals surface area contributed by atoms with E-state index in [-0.39, 0.29) is 0 Å². The zero-order valence-corrected chi connectivity index (χ0v) is 15.4. The van der Waals surface area contributed by atoms with Crippen LogP contribution in [0.5, 0.6) is 0 Å². The molecule has 4 heteroatoms. The monoisotopic (exact) mass is 361 g/mol. The molecule has 1 N–H and O–H groups in total. The Morgan fingerprint density at radius 3 is 2.70 bits per heavy atom. The van der Waals surface area contributed by atoms with Crippen LogP contribution in [0.3, 0.4) is 0 Å². The number of ether oxygens (including phenoxy) is 1. The first kappa shape index (κ1) is 18.1. The molecule has 1 heterocycles. The molecule has 0 saturated carbocycles. The summed E-state index contributed by atoms with van der Waals surface area (Å²) in [6.45, 7) is 7.43. The normalized spacial score (nSPS) is 14.4. The van der Waals surface area contributed by atoms with Crippen LogP contribution in [0.25, 0.3) is 0 Å². The number of methoxy groups -OCH3 is 1. The summed E-state index contributed by atoms with van der Waals surface area (Å²) in [5.74, 6) is 0. The molecule has 20 heavy (non-hydrogen) atoms. The number of nitrogens with one attached hydrogen (secondary N) is 1. The molecule has 2 nitrogen and oxygen atoms in total. The van der Waals surface area contributed by atoms with Crippen molar-refractivity contribution in [3.8, 4) is 0 Å². The van der Waals surface area contributed by atoms with E-state index >= 15 is 0 Å². The molecule has 1 aromatic rings. The Morgan fingerprint density at radius 1 is 1.35 bits per heavy atom. The number of hydrogen-bond acceptors (Lipinski definition) is 3. The molecule has 0 fully saturated rings. The van der Waals surface area contributed by atoms with Crippen molar-refractivity contribution >= 4 is 27.3 Å². The molecule has 1 aromatic heterocycles. The largest absolute Gasteiger partial charge is 0.383 e. The summed E-state index contributed by atoms with van der Waals surface area (Å²) in [7, 11) is 1.76. The molecule has 1 atom stereocenters. The van der Waals surface area contributed by atoms with E-state index in [1.54, 1.807) is 7.11 Å². The highest BCUT2D eigenvalue weighted by Gasteiger charge is 2.28.